The molecule has 4 rings (SSSR count). The summed E-state index contributed by atoms with van der Waals surface area (Å²) in [5, 5.41) is 12.0. The van der Waals surface area contributed by atoms with Gasteiger partial charge >= 0.3 is 0 Å². The van der Waals surface area contributed by atoms with Gasteiger partial charge in [-0.05, 0) is 43.1 Å². The van der Waals surface area contributed by atoms with Crippen LogP contribution in [0.5, 0.6) is 0 Å². The molecule has 3 aliphatic rings. The zero-order valence-corrected chi connectivity index (χ0v) is 17.2. The maximum atomic E-state index is 12.8. The number of ketones is 1. The lowest BCUT2D eigenvalue weighted by molar-refractivity contribution is 0.0610. The maximum Gasteiger partial charge on any atom is 0.173 e. The Labute approximate surface area is 165 Å². The quantitative estimate of drug-likeness (QED) is 0.745. The molecule has 2 aliphatic carbocycles. The van der Waals surface area contributed by atoms with Gasteiger partial charge in [0.05, 0.1) is 23.7 Å². The second kappa shape index (κ2) is 7.24. The van der Waals surface area contributed by atoms with E-state index >= 15 is 0 Å². The summed E-state index contributed by atoms with van der Waals surface area (Å²) >= 11 is 1.60. The van der Waals surface area contributed by atoms with Crippen molar-refractivity contribution in [2.45, 2.75) is 64.4 Å². The van der Waals surface area contributed by atoms with Crippen molar-refractivity contribution in [1.82, 2.24) is 0 Å². The number of hydrogen-bond acceptors (Lipinski definition) is 5. The predicted molar refractivity (Wildman–Crippen MR) is 109 cm³/mol. The number of anilines is 1. The Balaban J connectivity index is 1.77. The van der Waals surface area contributed by atoms with Crippen LogP contribution in [0.2, 0.25) is 0 Å². The summed E-state index contributed by atoms with van der Waals surface area (Å²) in [4.78, 5) is 16.0. The predicted octanol–water partition coefficient (Wildman–Crippen LogP) is 3.79. The molecule has 1 saturated carbocycles. The third-order valence-electron chi connectivity index (χ3n) is 5.94. The summed E-state index contributed by atoms with van der Waals surface area (Å²) in [7, 11) is 0. The first kappa shape index (κ1) is 19.0. The highest BCUT2D eigenvalue weighted by molar-refractivity contribution is 7.18. The van der Waals surface area contributed by atoms with E-state index in [0.717, 1.165) is 66.2 Å². The van der Waals surface area contributed by atoms with Crippen molar-refractivity contribution in [3.63, 3.8) is 0 Å². The number of morpholine rings is 1. The van der Waals surface area contributed by atoms with Gasteiger partial charge in [0.15, 0.2) is 5.78 Å². The molecule has 0 radical (unpaired) electrons. The molecule has 1 saturated heterocycles. The lowest BCUT2D eigenvalue weighted by Crippen LogP contribution is -2.36. The Bertz CT molecular complexity index is 786. The fourth-order valence-corrected chi connectivity index (χ4v) is 5.73. The monoisotopic (exact) mass is 387 g/mol. The van der Waals surface area contributed by atoms with Crippen LogP contribution in [0.25, 0.3) is 0 Å². The van der Waals surface area contributed by atoms with Gasteiger partial charge in [0, 0.05) is 19.5 Å². The standard InChI is InChI=1S/C22H29NO3S/c1-21(2)14-17-16(6-9-22(25)7-4-3-5-8-22)20(23-10-12-26-13-11-23)27-19(17)18(24)15-21/h25H,3-5,7-8,10-15H2,1-2H3. The summed E-state index contributed by atoms with van der Waals surface area (Å²) in [6.07, 6.45) is 6.23. The van der Waals surface area contributed by atoms with Crippen molar-refractivity contribution in [1.29, 1.82) is 0 Å². The smallest absolute Gasteiger partial charge is 0.173 e. The van der Waals surface area contributed by atoms with Crippen LogP contribution < -0.4 is 4.90 Å². The van der Waals surface area contributed by atoms with Crippen LogP contribution in [-0.4, -0.2) is 42.8 Å². The van der Waals surface area contributed by atoms with Crippen LogP contribution in [0, 0.1) is 17.3 Å². The van der Waals surface area contributed by atoms with Gasteiger partial charge in [-0.15, -0.1) is 11.3 Å². The minimum absolute atomic E-state index is 0.0361. The molecule has 0 atom stereocenters. The summed E-state index contributed by atoms with van der Waals surface area (Å²) < 4.78 is 5.51. The lowest BCUT2D eigenvalue weighted by Gasteiger charge is -2.29. The number of hydrogen-bond donors (Lipinski definition) is 1. The van der Waals surface area contributed by atoms with Crippen LogP contribution in [0.15, 0.2) is 0 Å². The van der Waals surface area contributed by atoms with Crippen molar-refractivity contribution in [3.8, 4) is 11.8 Å². The van der Waals surface area contributed by atoms with Crippen LogP contribution in [0.4, 0.5) is 5.00 Å². The van der Waals surface area contributed by atoms with E-state index in [4.69, 9.17) is 4.74 Å². The zero-order valence-electron chi connectivity index (χ0n) is 16.4. The van der Waals surface area contributed by atoms with Crippen molar-refractivity contribution in [3.05, 3.63) is 16.0 Å². The maximum absolute atomic E-state index is 12.8. The van der Waals surface area contributed by atoms with E-state index in [1.165, 1.54) is 6.42 Å². The van der Waals surface area contributed by atoms with Crippen LogP contribution in [0.3, 0.4) is 0 Å². The second-order valence-corrected chi connectivity index (χ2v) is 9.97. The normalized spacial score (nSPS) is 24.1. The third-order valence-corrected chi connectivity index (χ3v) is 7.27. The van der Waals surface area contributed by atoms with Crippen molar-refractivity contribution < 1.29 is 14.6 Å². The van der Waals surface area contributed by atoms with Gasteiger partial charge in [0.2, 0.25) is 0 Å². The molecular weight excluding hydrogens is 358 g/mol. The molecule has 0 amide bonds. The summed E-state index contributed by atoms with van der Waals surface area (Å²) in [5.41, 5.74) is 1.18. The average molecular weight is 388 g/mol. The van der Waals surface area contributed by atoms with E-state index in [-0.39, 0.29) is 11.2 Å². The number of Topliss-reactive ketones (excluding diaryl/α,β-unsaturated/α-hetero) is 1. The number of nitrogens with zero attached hydrogens (tertiary/aromatic N) is 1. The Hall–Kier alpha value is -1.35. The van der Waals surface area contributed by atoms with E-state index in [1.54, 1.807) is 11.3 Å². The van der Waals surface area contributed by atoms with E-state index < -0.39 is 5.60 Å². The molecule has 1 aliphatic heterocycles. The third kappa shape index (κ3) is 3.94. The highest BCUT2D eigenvalue weighted by Crippen LogP contribution is 2.45. The fourth-order valence-electron chi connectivity index (χ4n) is 4.46. The van der Waals surface area contributed by atoms with Crippen molar-refractivity contribution in [2.75, 3.05) is 31.2 Å². The number of ether oxygens (including phenoxy) is 1. The zero-order chi connectivity index (χ0) is 19.1. The van der Waals surface area contributed by atoms with Crippen LogP contribution >= 0.6 is 11.3 Å². The second-order valence-electron chi connectivity index (χ2n) is 8.97. The molecule has 0 unspecified atom stereocenters. The van der Waals surface area contributed by atoms with Gasteiger partial charge in [-0.2, -0.15) is 0 Å². The van der Waals surface area contributed by atoms with Crippen LogP contribution in [-0.2, 0) is 11.2 Å². The van der Waals surface area contributed by atoms with Gasteiger partial charge in [0.1, 0.15) is 10.6 Å². The molecule has 146 valence electrons. The van der Waals surface area contributed by atoms with Gasteiger partial charge in [0.25, 0.3) is 0 Å². The minimum Gasteiger partial charge on any atom is -0.378 e. The van der Waals surface area contributed by atoms with Crippen molar-refractivity contribution >= 4 is 22.1 Å². The van der Waals surface area contributed by atoms with Gasteiger partial charge < -0.3 is 14.7 Å². The molecule has 27 heavy (non-hydrogen) atoms. The number of carbonyl (C=O) groups is 1. The largest absolute Gasteiger partial charge is 0.378 e. The van der Waals surface area contributed by atoms with Crippen molar-refractivity contribution in [2.24, 2.45) is 5.41 Å². The Morgan fingerprint density at radius 3 is 2.52 bits per heavy atom. The molecule has 5 heteroatoms. The van der Waals surface area contributed by atoms with E-state index in [0.29, 0.717) is 19.6 Å². The first-order valence-electron chi connectivity index (χ1n) is 10.1. The summed E-state index contributed by atoms with van der Waals surface area (Å²) in [6.45, 7) is 7.39. The van der Waals surface area contributed by atoms with Gasteiger partial charge in [-0.3, -0.25) is 4.79 Å². The molecular formula is C22H29NO3S. The minimum atomic E-state index is -0.871. The van der Waals surface area contributed by atoms with E-state index in [9.17, 15) is 9.90 Å². The SMILES string of the molecule is CC1(C)CC(=O)c2sc(N3CCOCC3)c(C#CC3(O)CCCCC3)c2C1. The Kier molecular flexibility index (Phi) is 5.09. The highest BCUT2D eigenvalue weighted by atomic mass is 32.1. The first-order valence-corrected chi connectivity index (χ1v) is 11.0. The number of thiophene rings is 1. The van der Waals surface area contributed by atoms with Gasteiger partial charge in [-0.1, -0.05) is 32.1 Å². The number of rotatable bonds is 1. The molecule has 0 spiro atoms. The Morgan fingerprint density at radius 2 is 1.81 bits per heavy atom. The highest BCUT2D eigenvalue weighted by Gasteiger charge is 2.36. The summed E-state index contributed by atoms with van der Waals surface area (Å²) in [5.74, 6) is 6.82. The van der Waals surface area contributed by atoms with Crippen LogP contribution in [0.1, 0.15) is 73.2 Å². The molecule has 0 aromatic carbocycles. The molecule has 4 nitrogen and oxygen atoms in total. The van der Waals surface area contributed by atoms with Gasteiger partial charge in [-0.25, -0.2) is 0 Å². The molecule has 0 bridgehead atoms. The van der Waals surface area contributed by atoms with E-state index in [2.05, 4.69) is 30.6 Å². The first-order chi connectivity index (χ1) is 12.9. The molecule has 1 aromatic rings. The number of aliphatic hydroxyl groups is 1. The molecule has 1 N–H and O–H groups in total. The van der Waals surface area contributed by atoms with E-state index in [1.807, 2.05) is 0 Å². The fraction of sp³-hybridized carbons (Fsp3) is 0.682. The Morgan fingerprint density at radius 1 is 1.11 bits per heavy atom. The molecule has 2 fully saturated rings. The average Bonchev–Trinajstić information content (AvgIpc) is 2.99. The number of carbonyl (C=O) groups excluding carboxylic acids is 1. The molecule has 1 aromatic heterocycles. The molecule has 2 heterocycles. The topological polar surface area (TPSA) is 49.8 Å². The lowest BCUT2D eigenvalue weighted by atomic mass is 9.75. The summed E-state index contributed by atoms with van der Waals surface area (Å²) in [6, 6.07) is 0. The number of fused-ring (bicyclic) bond motifs is 1.